The van der Waals surface area contributed by atoms with Crippen LogP contribution < -0.4 is 9.39 Å². The minimum absolute atomic E-state index is 0.0191. The van der Waals surface area contributed by atoms with Gasteiger partial charge in [0.25, 0.3) is 0 Å². The summed E-state index contributed by atoms with van der Waals surface area (Å²) in [6, 6.07) is 5.55. The molecule has 69 valence electrons. The van der Waals surface area contributed by atoms with Crippen molar-refractivity contribution in [2.75, 3.05) is 0 Å². The van der Waals surface area contributed by atoms with Crippen molar-refractivity contribution in [1.29, 1.82) is 0 Å². The van der Waals surface area contributed by atoms with Crippen LogP contribution in [0.15, 0.2) is 24.3 Å². The van der Waals surface area contributed by atoms with Crippen molar-refractivity contribution in [3.8, 4) is 11.5 Å². The molecule has 0 aromatic heterocycles. The Bertz CT molecular complexity index is 270. The van der Waals surface area contributed by atoms with Crippen molar-refractivity contribution in [2.24, 2.45) is 0 Å². The van der Waals surface area contributed by atoms with Crippen LogP contribution in [-0.4, -0.2) is 19.3 Å². The summed E-state index contributed by atoms with van der Waals surface area (Å²) in [4.78, 5) is 0. The van der Waals surface area contributed by atoms with Crippen molar-refractivity contribution in [2.45, 2.75) is 6.61 Å². The molecule has 0 fully saturated rings. The molecule has 0 saturated heterocycles. The Kier molecular flexibility index (Phi) is 3.51. The maximum atomic E-state index is 11.7. The molecule has 0 saturated carbocycles. The van der Waals surface area contributed by atoms with Crippen LogP contribution >= 0.6 is 0 Å². The van der Waals surface area contributed by atoms with Crippen molar-refractivity contribution in [3.05, 3.63) is 24.3 Å². The van der Waals surface area contributed by atoms with Crippen LogP contribution in [0.2, 0.25) is 0 Å². The molecule has 0 amide bonds. The number of alkyl halides is 2. The van der Waals surface area contributed by atoms with E-state index < -0.39 is 6.61 Å². The molecule has 1 aromatic rings. The topological polar surface area (TPSA) is 38.7 Å². The standard InChI is InChI=1S/C7H6BF2O3/c9-7(10)12-5-2-1-3-6(4-5)13-8-11/h1-4,7,11H. The third-order valence-corrected chi connectivity index (χ3v) is 1.22. The second-order valence-electron chi connectivity index (χ2n) is 2.08. The highest BCUT2D eigenvalue weighted by Crippen LogP contribution is 2.20. The molecule has 1 radical (unpaired) electrons. The Labute approximate surface area is 74.2 Å². The molecule has 0 aliphatic rings. The van der Waals surface area contributed by atoms with Gasteiger partial charge in [0.15, 0.2) is 0 Å². The Balaban J connectivity index is 2.67. The molecule has 0 aliphatic carbocycles. The van der Waals surface area contributed by atoms with E-state index in [9.17, 15) is 8.78 Å². The van der Waals surface area contributed by atoms with E-state index in [1.807, 2.05) is 0 Å². The fourth-order valence-electron chi connectivity index (χ4n) is 0.785. The van der Waals surface area contributed by atoms with Crippen molar-refractivity contribution < 1.29 is 23.2 Å². The normalized spacial score (nSPS) is 9.85. The van der Waals surface area contributed by atoms with E-state index in [-0.39, 0.29) is 11.5 Å². The predicted octanol–water partition coefficient (Wildman–Crippen LogP) is 1.19. The van der Waals surface area contributed by atoms with Gasteiger partial charge in [0.2, 0.25) is 0 Å². The van der Waals surface area contributed by atoms with Gasteiger partial charge in [-0.15, -0.1) is 0 Å². The first-order chi connectivity index (χ1) is 6.22. The van der Waals surface area contributed by atoms with Crippen molar-refractivity contribution in [3.63, 3.8) is 0 Å². The van der Waals surface area contributed by atoms with E-state index >= 15 is 0 Å². The lowest BCUT2D eigenvalue weighted by molar-refractivity contribution is -0.0498. The maximum absolute atomic E-state index is 11.7. The van der Waals surface area contributed by atoms with Crippen LogP contribution in [0.25, 0.3) is 0 Å². The zero-order valence-electron chi connectivity index (χ0n) is 6.48. The van der Waals surface area contributed by atoms with Crippen LogP contribution in [0.4, 0.5) is 8.78 Å². The summed E-state index contributed by atoms with van der Waals surface area (Å²) in [7, 11) is 0.460. The third kappa shape index (κ3) is 3.29. The summed E-state index contributed by atoms with van der Waals surface area (Å²) in [6.45, 7) is -2.87. The number of benzene rings is 1. The quantitative estimate of drug-likeness (QED) is 0.719. The lowest BCUT2D eigenvalue weighted by Crippen LogP contribution is -2.03. The Hall–Kier alpha value is -1.30. The molecule has 1 aromatic carbocycles. The monoisotopic (exact) mass is 187 g/mol. The number of ether oxygens (including phenoxy) is 1. The van der Waals surface area contributed by atoms with Crippen LogP contribution in [0.1, 0.15) is 0 Å². The van der Waals surface area contributed by atoms with E-state index in [0.29, 0.717) is 7.69 Å². The zero-order valence-corrected chi connectivity index (χ0v) is 6.48. The van der Waals surface area contributed by atoms with Gasteiger partial charge >= 0.3 is 14.3 Å². The van der Waals surface area contributed by atoms with Gasteiger partial charge in [0.05, 0.1) is 0 Å². The number of halogens is 2. The molecule has 13 heavy (non-hydrogen) atoms. The highest BCUT2D eigenvalue weighted by atomic mass is 19.3. The molecular weight excluding hydrogens is 181 g/mol. The minimum Gasteiger partial charge on any atom is -0.537 e. The number of hydrogen-bond donors (Lipinski definition) is 1. The Morgan fingerprint density at radius 3 is 2.62 bits per heavy atom. The van der Waals surface area contributed by atoms with Gasteiger partial charge in [-0.3, -0.25) is 0 Å². The molecule has 0 heterocycles. The van der Waals surface area contributed by atoms with Gasteiger partial charge in [-0.25, -0.2) is 0 Å². The smallest absolute Gasteiger partial charge is 0.537 e. The third-order valence-electron chi connectivity index (χ3n) is 1.22. The molecule has 0 spiro atoms. The minimum atomic E-state index is -2.87. The van der Waals surface area contributed by atoms with E-state index in [1.54, 1.807) is 0 Å². The van der Waals surface area contributed by atoms with E-state index in [1.165, 1.54) is 24.3 Å². The van der Waals surface area contributed by atoms with Crippen molar-refractivity contribution in [1.82, 2.24) is 0 Å². The van der Waals surface area contributed by atoms with Crippen LogP contribution in [0.5, 0.6) is 11.5 Å². The Morgan fingerprint density at radius 1 is 1.31 bits per heavy atom. The van der Waals surface area contributed by atoms with Gasteiger partial charge in [0.1, 0.15) is 11.5 Å². The van der Waals surface area contributed by atoms with Crippen LogP contribution in [0, 0.1) is 0 Å². The Morgan fingerprint density at radius 2 is 2.00 bits per heavy atom. The number of rotatable bonds is 4. The molecule has 3 nitrogen and oxygen atoms in total. The average Bonchev–Trinajstić information content (AvgIpc) is 2.04. The lowest BCUT2D eigenvalue weighted by atomic mass is 10.3. The molecule has 0 atom stereocenters. The summed E-state index contributed by atoms with van der Waals surface area (Å²) in [5.41, 5.74) is 0. The average molecular weight is 187 g/mol. The fraction of sp³-hybridized carbons (Fsp3) is 0.143. The second-order valence-corrected chi connectivity index (χ2v) is 2.08. The first-order valence-corrected chi connectivity index (χ1v) is 3.40. The SMILES string of the molecule is O[B]Oc1cccc(OC(F)F)c1. The van der Waals surface area contributed by atoms with Crippen LogP contribution in [-0.2, 0) is 0 Å². The summed E-state index contributed by atoms with van der Waals surface area (Å²) in [5, 5.41) is 8.26. The predicted molar refractivity (Wildman–Crippen MR) is 41.7 cm³/mol. The van der Waals surface area contributed by atoms with Crippen molar-refractivity contribution >= 4 is 7.69 Å². The van der Waals surface area contributed by atoms with Gasteiger partial charge in [-0.05, 0) is 12.1 Å². The second kappa shape index (κ2) is 4.66. The molecule has 0 bridgehead atoms. The molecule has 0 aliphatic heterocycles. The highest BCUT2D eigenvalue weighted by molar-refractivity contribution is 6.17. The molecule has 0 unspecified atom stereocenters. The lowest BCUT2D eigenvalue weighted by Gasteiger charge is -2.06. The highest BCUT2D eigenvalue weighted by Gasteiger charge is 2.04. The molecule has 1 N–H and O–H groups in total. The first-order valence-electron chi connectivity index (χ1n) is 3.40. The first kappa shape index (κ1) is 9.79. The van der Waals surface area contributed by atoms with E-state index in [2.05, 4.69) is 9.39 Å². The fourth-order valence-corrected chi connectivity index (χ4v) is 0.785. The summed E-state index contributed by atoms with van der Waals surface area (Å²) < 4.78 is 32.1. The molecular formula is C7H6BF2O3. The van der Waals surface area contributed by atoms with Crippen LogP contribution in [0.3, 0.4) is 0 Å². The largest absolute Gasteiger partial charge is 0.569 e. The maximum Gasteiger partial charge on any atom is 0.569 e. The summed E-state index contributed by atoms with van der Waals surface area (Å²) in [5.74, 6) is 0.204. The summed E-state index contributed by atoms with van der Waals surface area (Å²) in [6.07, 6.45) is 0. The van der Waals surface area contributed by atoms with Gasteiger partial charge in [-0.2, -0.15) is 8.78 Å². The number of hydrogen-bond acceptors (Lipinski definition) is 3. The van der Waals surface area contributed by atoms with Gasteiger partial charge in [0, 0.05) is 6.07 Å². The molecule has 1 rings (SSSR count). The van der Waals surface area contributed by atoms with Gasteiger partial charge in [-0.1, -0.05) is 6.07 Å². The summed E-state index contributed by atoms with van der Waals surface area (Å²) >= 11 is 0. The van der Waals surface area contributed by atoms with Gasteiger partial charge < -0.3 is 14.4 Å². The molecule has 6 heteroatoms. The van der Waals surface area contributed by atoms with E-state index in [4.69, 9.17) is 5.02 Å². The van der Waals surface area contributed by atoms with E-state index in [0.717, 1.165) is 0 Å². The zero-order chi connectivity index (χ0) is 9.68.